The second-order valence-corrected chi connectivity index (χ2v) is 5.72. The number of hydrogen-bond acceptors (Lipinski definition) is 4. The third-order valence-corrected chi connectivity index (χ3v) is 3.95. The molecular weight excluding hydrogens is 346 g/mol. The van der Waals surface area contributed by atoms with Crippen molar-refractivity contribution >= 4 is 17.9 Å². The number of nitrogens with one attached hydrogen (secondary N) is 1. The molecule has 1 aromatic carbocycles. The van der Waals surface area contributed by atoms with Crippen LogP contribution in [-0.2, 0) is 9.59 Å². The molecule has 2 amide bonds. The summed E-state index contributed by atoms with van der Waals surface area (Å²) in [5, 5.41) is 2.60. The number of para-hydroxylation sites is 1. The van der Waals surface area contributed by atoms with Gasteiger partial charge in [0, 0.05) is 37.7 Å². The number of carbonyl (C=O) groups excluding carboxylic acids is 2. The molecule has 8 heteroatoms. The lowest BCUT2D eigenvalue weighted by molar-refractivity contribution is -0.130. The minimum atomic E-state index is -3.01. The van der Waals surface area contributed by atoms with Crippen LogP contribution in [0.25, 0.3) is 6.08 Å². The number of hydrogen-bond donors (Lipinski definition) is 1. The average molecular weight is 368 g/mol. The van der Waals surface area contributed by atoms with Crippen molar-refractivity contribution in [3.05, 3.63) is 29.8 Å². The van der Waals surface area contributed by atoms with Gasteiger partial charge in [-0.05, 0) is 25.0 Å². The summed E-state index contributed by atoms with van der Waals surface area (Å²) in [5.74, 6) is -0.403. The molecular formula is C18H22F2N2O4. The Morgan fingerprint density at radius 3 is 2.69 bits per heavy atom. The highest BCUT2D eigenvalue weighted by molar-refractivity contribution is 5.92. The minimum absolute atomic E-state index is 0.0206. The van der Waals surface area contributed by atoms with E-state index in [1.807, 2.05) is 0 Å². The zero-order valence-corrected chi connectivity index (χ0v) is 14.5. The van der Waals surface area contributed by atoms with Gasteiger partial charge in [-0.25, -0.2) is 0 Å². The molecule has 0 radical (unpaired) electrons. The highest BCUT2D eigenvalue weighted by atomic mass is 19.3. The van der Waals surface area contributed by atoms with Crippen LogP contribution in [0.5, 0.6) is 11.5 Å². The van der Waals surface area contributed by atoms with E-state index in [1.54, 1.807) is 11.0 Å². The van der Waals surface area contributed by atoms with Gasteiger partial charge in [-0.15, -0.1) is 0 Å². The Morgan fingerprint density at radius 1 is 1.31 bits per heavy atom. The summed E-state index contributed by atoms with van der Waals surface area (Å²) in [7, 11) is 1.34. The van der Waals surface area contributed by atoms with Crippen molar-refractivity contribution in [3.8, 4) is 11.5 Å². The summed E-state index contributed by atoms with van der Waals surface area (Å²) in [5.41, 5.74) is 0.285. The van der Waals surface area contributed by atoms with E-state index in [2.05, 4.69) is 10.1 Å². The fourth-order valence-corrected chi connectivity index (χ4v) is 2.68. The smallest absolute Gasteiger partial charge is 0.387 e. The fourth-order valence-electron chi connectivity index (χ4n) is 2.68. The molecule has 1 aliphatic heterocycles. The number of carbonyl (C=O) groups is 2. The largest absolute Gasteiger partial charge is 0.493 e. The first-order chi connectivity index (χ1) is 12.5. The molecule has 0 spiro atoms. The Kier molecular flexibility index (Phi) is 7.37. The Hall–Kier alpha value is -2.64. The van der Waals surface area contributed by atoms with Crippen molar-refractivity contribution in [2.75, 3.05) is 26.7 Å². The number of methoxy groups -OCH3 is 1. The highest BCUT2D eigenvalue weighted by Gasteiger charge is 2.17. The van der Waals surface area contributed by atoms with Gasteiger partial charge in [-0.2, -0.15) is 8.78 Å². The topological polar surface area (TPSA) is 67.9 Å². The Labute approximate surface area is 150 Å². The molecule has 0 bridgehead atoms. The van der Waals surface area contributed by atoms with E-state index in [0.717, 1.165) is 25.9 Å². The molecule has 1 fully saturated rings. The molecule has 1 aromatic rings. The van der Waals surface area contributed by atoms with Gasteiger partial charge in [0.25, 0.3) is 0 Å². The minimum Gasteiger partial charge on any atom is -0.493 e. The molecule has 6 nitrogen and oxygen atoms in total. The number of alkyl halides is 2. The number of amides is 2. The normalized spacial score (nSPS) is 14.1. The number of likely N-dealkylation sites (tertiary alicyclic amines) is 1. The number of ether oxygens (including phenoxy) is 2. The molecule has 0 aliphatic carbocycles. The molecule has 1 heterocycles. The lowest BCUT2D eigenvalue weighted by Crippen LogP contribution is -2.32. The van der Waals surface area contributed by atoms with Gasteiger partial charge in [0.1, 0.15) is 0 Å². The standard InChI is InChI=1S/C18H22F2N2O4/c1-25-14-6-4-5-13(17(14)26-18(19)20)7-8-15(23)21-10-9-16(24)22-11-2-3-12-22/h4-8,18H,2-3,9-12H2,1H3,(H,21,23)/b8-7+. The number of nitrogens with zero attached hydrogens (tertiary/aromatic N) is 1. The third-order valence-electron chi connectivity index (χ3n) is 3.95. The summed E-state index contributed by atoms with van der Waals surface area (Å²) in [4.78, 5) is 25.5. The molecule has 142 valence electrons. The molecule has 0 atom stereocenters. The lowest BCUT2D eigenvalue weighted by atomic mass is 10.1. The van der Waals surface area contributed by atoms with E-state index in [-0.39, 0.29) is 35.9 Å². The van der Waals surface area contributed by atoms with Crippen LogP contribution in [0.1, 0.15) is 24.8 Å². The average Bonchev–Trinajstić information content (AvgIpc) is 3.15. The van der Waals surface area contributed by atoms with Crippen molar-refractivity contribution in [2.24, 2.45) is 0 Å². The molecule has 0 unspecified atom stereocenters. The highest BCUT2D eigenvalue weighted by Crippen LogP contribution is 2.33. The van der Waals surface area contributed by atoms with Crippen LogP contribution >= 0.6 is 0 Å². The van der Waals surface area contributed by atoms with Gasteiger partial charge in [0.05, 0.1) is 7.11 Å². The van der Waals surface area contributed by atoms with Crippen molar-refractivity contribution in [3.63, 3.8) is 0 Å². The number of rotatable bonds is 8. The van der Waals surface area contributed by atoms with Crippen molar-refractivity contribution < 1.29 is 27.8 Å². The summed E-state index contributed by atoms with van der Waals surface area (Å²) in [6.45, 7) is -1.24. The van der Waals surface area contributed by atoms with Gasteiger partial charge in [0.2, 0.25) is 11.8 Å². The maximum absolute atomic E-state index is 12.6. The first kappa shape index (κ1) is 19.7. The summed E-state index contributed by atoms with van der Waals surface area (Å²) < 4.78 is 34.6. The molecule has 1 N–H and O–H groups in total. The van der Waals surface area contributed by atoms with Crippen LogP contribution in [0.4, 0.5) is 8.78 Å². The van der Waals surface area contributed by atoms with E-state index >= 15 is 0 Å². The Morgan fingerprint density at radius 2 is 2.04 bits per heavy atom. The van der Waals surface area contributed by atoms with Crippen molar-refractivity contribution in [2.45, 2.75) is 25.9 Å². The molecule has 2 rings (SSSR count). The van der Waals surface area contributed by atoms with Crippen LogP contribution in [0.3, 0.4) is 0 Å². The van der Waals surface area contributed by atoms with Crippen LogP contribution in [0, 0.1) is 0 Å². The maximum atomic E-state index is 12.6. The third kappa shape index (κ3) is 5.72. The van der Waals surface area contributed by atoms with Gasteiger partial charge in [0.15, 0.2) is 11.5 Å². The predicted octanol–water partition coefficient (Wildman–Crippen LogP) is 2.44. The maximum Gasteiger partial charge on any atom is 0.387 e. The van der Waals surface area contributed by atoms with E-state index in [0.29, 0.717) is 0 Å². The summed E-state index contributed by atoms with van der Waals surface area (Å²) >= 11 is 0. The number of benzene rings is 1. The van der Waals surface area contributed by atoms with E-state index < -0.39 is 12.5 Å². The summed E-state index contributed by atoms with van der Waals surface area (Å²) in [6.07, 6.45) is 4.83. The molecule has 0 aromatic heterocycles. The first-order valence-electron chi connectivity index (χ1n) is 8.36. The van der Waals surface area contributed by atoms with Crippen molar-refractivity contribution in [1.29, 1.82) is 0 Å². The van der Waals surface area contributed by atoms with Gasteiger partial charge < -0.3 is 19.7 Å². The second kappa shape index (κ2) is 9.74. The SMILES string of the molecule is COc1cccc(/C=C/C(=O)NCCC(=O)N2CCCC2)c1OC(F)F. The van der Waals surface area contributed by atoms with Gasteiger partial charge in [-0.1, -0.05) is 12.1 Å². The Balaban J connectivity index is 1.89. The van der Waals surface area contributed by atoms with Crippen LogP contribution in [0.15, 0.2) is 24.3 Å². The zero-order valence-electron chi connectivity index (χ0n) is 14.5. The van der Waals surface area contributed by atoms with Crippen LogP contribution < -0.4 is 14.8 Å². The molecule has 0 saturated carbocycles. The van der Waals surface area contributed by atoms with E-state index in [1.165, 1.54) is 31.4 Å². The van der Waals surface area contributed by atoms with Gasteiger partial charge in [-0.3, -0.25) is 9.59 Å². The van der Waals surface area contributed by atoms with E-state index in [9.17, 15) is 18.4 Å². The van der Waals surface area contributed by atoms with E-state index in [4.69, 9.17) is 4.74 Å². The molecule has 1 aliphatic rings. The first-order valence-corrected chi connectivity index (χ1v) is 8.36. The quantitative estimate of drug-likeness (QED) is 0.716. The monoisotopic (exact) mass is 368 g/mol. The van der Waals surface area contributed by atoms with Gasteiger partial charge >= 0.3 is 6.61 Å². The van der Waals surface area contributed by atoms with Crippen molar-refractivity contribution in [1.82, 2.24) is 10.2 Å². The van der Waals surface area contributed by atoms with Crippen LogP contribution in [0.2, 0.25) is 0 Å². The zero-order chi connectivity index (χ0) is 18.9. The number of halogens is 2. The fraction of sp³-hybridized carbons (Fsp3) is 0.444. The summed E-state index contributed by atoms with van der Waals surface area (Å²) in [6, 6.07) is 4.61. The molecule has 1 saturated heterocycles. The predicted molar refractivity (Wildman–Crippen MR) is 92.1 cm³/mol. The lowest BCUT2D eigenvalue weighted by Gasteiger charge is -2.14. The Bertz CT molecular complexity index is 659. The molecule has 26 heavy (non-hydrogen) atoms. The second-order valence-electron chi connectivity index (χ2n) is 5.72. The van der Waals surface area contributed by atoms with Crippen LogP contribution in [-0.4, -0.2) is 50.1 Å².